The maximum atomic E-state index is 5.19. The molecule has 5 nitrogen and oxygen atoms in total. The topological polar surface area (TPSA) is 59.1 Å². The predicted octanol–water partition coefficient (Wildman–Crippen LogP) is 6.51. The van der Waals surface area contributed by atoms with Crippen molar-refractivity contribution in [1.29, 1.82) is 0 Å². The van der Waals surface area contributed by atoms with Gasteiger partial charge < -0.3 is 15.4 Å². The fraction of sp³-hybridized carbons (Fsp3) is 0.520. The predicted molar refractivity (Wildman–Crippen MR) is 131 cm³/mol. The molecule has 2 heterocycles. The van der Waals surface area contributed by atoms with Crippen molar-refractivity contribution in [3.63, 3.8) is 0 Å². The Morgan fingerprint density at radius 1 is 1.13 bits per heavy atom. The van der Waals surface area contributed by atoms with Gasteiger partial charge in [-0.1, -0.05) is 41.2 Å². The molecule has 5 heteroatoms. The summed E-state index contributed by atoms with van der Waals surface area (Å²) >= 11 is 0. The van der Waals surface area contributed by atoms with Crippen LogP contribution in [-0.4, -0.2) is 36.8 Å². The van der Waals surface area contributed by atoms with Crippen molar-refractivity contribution < 1.29 is 4.74 Å². The normalized spacial score (nSPS) is 10.4. The van der Waals surface area contributed by atoms with E-state index in [9.17, 15) is 0 Å². The van der Waals surface area contributed by atoms with Crippen LogP contribution in [0.25, 0.3) is 16.8 Å². The summed E-state index contributed by atoms with van der Waals surface area (Å²) < 4.78 is 5.19. The van der Waals surface area contributed by atoms with E-state index in [2.05, 4.69) is 63.1 Å². The number of nitrogens with zero attached hydrogens (tertiary/aromatic N) is 2. The Bertz CT molecular complexity index is 815. The number of ether oxygens (including phenoxy) is 1. The van der Waals surface area contributed by atoms with Gasteiger partial charge in [-0.3, -0.25) is 0 Å². The number of pyridine rings is 2. The van der Waals surface area contributed by atoms with E-state index in [-0.39, 0.29) is 0 Å². The molecule has 0 atom stereocenters. The lowest BCUT2D eigenvalue weighted by atomic mass is 10.0. The van der Waals surface area contributed by atoms with E-state index in [0.29, 0.717) is 19.1 Å². The molecule has 0 aliphatic carbocycles. The highest BCUT2D eigenvalue weighted by Gasteiger charge is 2.16. The zero-order valence-corrected chi connectivity index (χ0v) is 20.1. The van der Waals surface area contributed by atoms with E-state index < -0.39 is 0 Å². The lowest BCUT2D eigenvalue weighted by Gasteiger charge is -2.18. The lowest BCUT2D eigenvalue weighted by molar-refractivity contribution is 0.210. The molecule has 0 unspecified atom stereocenters. The fourth-order valence-electron chi connectivity index (χ4n) is 3.00. The summed E-state index contributed by atoms with van der Waals surface area (Å²) in [6.07, 6.45) is 1.06. The molecular weight excluding hydrogens is 372 g/mol. The van der Waals surface area contributed by atoms with Gasteiger partial charge >= 0.3 is 0 Å². The van der Waals surface area contributed by atoms with Gasteiger partial charge in [0.1, 0.15) is 5.82 Å². The molecule has 0 aliphatic rings. The number of aromatic nitrogens is 2. The number of aryl methyl sites for hydroxylation is 1. The summed E-state index contributed by atoms with van der Waals surface area (Å²) in [5.41, 5.74) is 6.99. The van der Waals surface area contributed by atoms with Crippen LogP contribution >= 0.6 is 0 Å². The van der Waals surface area contributed by atoms with Crippen LogP contribution in [-0.2, 0) is 4.74 Å². The largest absolute Gasteiger partial charge is 0.383 e. The summed E-state index contributed by atoms with van der Waals surface area (Å²) in [6, 6.07) is 6.37. The molecular formula is C25H40N4O. The number of hydrogen-bond donors (Lipinski definition) is 2. The molecule has 0 fully saturated rings. The van der Waals surface area contributed by atoms with Gasteiger partial charge in [0.05, 0.1) is 23.7 Å². The van der Waals surface area contributed by atoms with Crippen LogP contribution in [0.4, 0.5) is 11.5 Å². The standard InChI is InChI=1S/C23H34N4O.C2H6/c1-8-11-24-20-14-17(6)22(27-21(20)16(4)5)18-9-10-19(15(2)3)26-23(18)25-12-13-28-7;1-2/h9-10,14-15,24H,4,8,11-13H2,1-3,5-7H3,(H,25,26);1-2H3. The average Bonchev–Trinajstić information content (AvgIpc) is 2.73. The van der Waals surface area contributed by atoms with Crippen molar-refractivity contribution in [3.8, 4) is 11.3 Å². The van der Waals surface area contributed by atoms with Crippen LogP contribution in [0.5, 0.6) is 0 Å². The quantitative estimate of drug-likeness (QED) is 0.435. The summed E-state index contributed by atoms with van der Waals surface area (Å²) in [7, 11) is 1.70. The third kappa shape index (κ3) is 6.84. The van der Waals surface area contributed by atoms with Crippen molar-refractivity contribution in [2.45, 2.75) is 60.8 Å². The molecule has 0 bridgehead atoms. The maximum absolute atomic E-state index is 5.19. The molecule has 0 aliphatic heterocycles. The SMILES string of the molecule is C=C(C)c1nc(-c2ccc(C(C)C)nc2NCCOC)c(C)cc1NCCC.CC. The van der Waals surface area contributed by atoms with Crippen LogP contribution in [0.1, 0.15) is 70.8 Å². The van der Waals surface area contributed by atoms with Gasteiger partial charge in [0, 0.05) is 31.5 Å². The molecule has 166 valence electrons. The Balaban J connectivity index is 0.00000218. The number of rotatable bonds is 10. The molecule has 0 saturated carbocycles. The minimum absolute atomic E-state index is 0.359. The van der Waals surface area contributed by atoms with Gasteiger partial charge in [-0.15, -0.1) is 0 Å². The first kappa shape index (κ1) is 25.6. The average molecular weight is 413 g/mol. The van der Waals surface area contributed by atoms with Crippen LogP contribution < -0.4 is 10.6 Å². The highest BCUT2D eigenvalue weighted by atomic mass is 16.5. The third-order valence-corrected chi connectivity index (χ3v) is 4.54. The summed E-state index contributed by atoms with van der Waals surface area (Å²) in [6.45, 7) is 20.9. The molecule has 30 heavy (non-hydrogen) atoms. The second-order valence-corrected chi connectivity index (χ2v) is 7.46. The van der Waals surface area contributed by atoms with Crippen molar-refractivity contribution in [3.05, 3.63) is 41.7 Å². The Morgan fingerprint density at radius 2 is 1.83 bits per heavy atom. The first-order valence-corrected chi connectivity index (χ1v) is 11.0. The van der Waals surface area contributed by atoms with E-state index in [1.54, 1.807) is 7.11 Å². The van der Waals surface area contributed by atoms with E-state index in [1.165, 1.54) is 0 Å². The van der Waals surface area contributed by atoms with Gasteiger partial charge in [-0.2, -0.15) is 0 Å². The Hall–Kier alpha value is -2.40. The number of anilines is 2. The Morgan fingerprint density at radius 3 is 2.40 bits per heavy atom. The van der Waals surface area contributed by atoms with Gasteiger partial charge in [0.25, 0.3) is 0 Å². The first-order valence-electron chi connectivity index (χ1n) is 11.0. The molecule has 0 amide bonds. The van der Waals surface area contributed by atoms with E-state index in [0.717, 1.165) is 58.3 Å². The Labute approximate surface area is 183 Å². The second kappa shape index (κ2) is 13.0. The summed E-state index contributed by atoms with van der Waals surface area (Å²) in [5, 5.41) is 6.89. The monoisotopic (exact) mass is 412 g/mol. The number of methoxy groups -OCH3 is 1. The van der Waals surface area contributed by atoms with Crippen molar-refractivity contribution in [2.24, 2.45) is 0 Å². The smallest absolute Gasteiger partial charge is 0.135 e. The zero-order chi connectivity index (χ0) is 22.7. The van der Waals surface area contributed by atoms with Crippen LogP contribution in [0.3, 0.4) is 0 Å². The minimum atomic E-state index is 0.359. The first-order chi connectivity index (χ1) is 14.4. The maximum Gasteiger partial charge on any atom is 0.135 e. The third-order valence-electron chi connectivity index (χ3n) is 4.54. The lowest BCUT2D eigenvalue weighted by Crippen LogP contribution is -2.12. The highest BCUT2D eigenvalue weighted by Crippen LogP contribution is 2.33. The number of nitrogens with one attached hydrogen (secondary N) is 2. The summed E-state index contributed by atoms with van der Waals surface area (Å²) in [4.78, 5) is 9.85. The molecule has 0 aromatic carbocycles. The van der Waals surface area contributed by atoms with Crippen LogP contribution in [0, 0.1) is 6.92 Å². The van der Waals surface area contributed by atoms with Crippen molar-refractivity contribution >= 4 is 17.1 Å². The molecule has 2 rings (SSSR count). The molecule has 0 saturated heterocycles. The Kier molecular flexibility index (Phi) is 11.1. The van der Waals surface area contributed by atoms with Gasteiger partial charge in [-0.05, 0) is 55.5 Å². The second-order valence-electron chi connectivity index (χ2n) is 7.46. The highest BCUT2D eigenvalue weighted by molar-refractivity contribution is 5.80. The molecule has 2 aromatic heterocycles. The van der Waals surface area contributed by atoms with Crippen molar-refractivity contribution in [1.82, 2.24) is 9.97 Å². The van der Waals surface area contributed by atoms with Gasteiger partial charge in [0.15, 0.2) is 0 Å². The molecule has 2 aromatic rings. The number of hydrogen-bond acceptors (Lipinski definition) is 5. The van der Waals surface area contributed by atoms with Gasteiger partial charge in [-0.25, -0.2) is 9.97 Å². The van der Waals surface area contributed by atoms with Gasteiger partial charge in [0.2, 0.25) is 0 Å². The molecule has 0 radical (unpaired) electrons. The zero-order valence-electron chi connectivity index (χ0n) is 20.1. The molecule has 0 spiro atoms. The minimum Gasteiger partial charge on any atom is -0.383 e. The van der Waals surface area contributed by atoms with Crippen molar-refractivity contribution in [2.75, 3.05) is 37.4 Å². The van der Waals surface area contributed by atoms with E-state index >= 15 is 0 Å². The molecule has 2 N–H and O–H groups in total. The fourth-order valence-corrected chi connectivity index (χ4v) is 3.00. The van der Waals surface area contributed by atoms with E-state index in [1.807, 2.05) is 20.8 Å². The van der Waals surface area contributed by atoms with Crippen LogP contribution in [0.2, 0.25) is 0 Å². The van der Waals surface area contributed by atoms with E-state index in [4.69, 9.17) is 14.7 Å². The summed E-state index contributed by atoms with van der Waals surface area (Å²) in [5.74, 6) is 1.21. The number of allylic oxidation sites excluding steroid dienone is 1. The van der Waals surface area contributed by atoms with Crippen LogP contribution in [0.15, 0.2) is 24.8 Å².